The molecule has 1 unspecified atom stereocenters. The Morgan fingerprint density at radius 2 is 1.11 bits per heavy atom. The highest BCUT2D eigenvalue weighted by Gasteiger charge is 2.42. The Balaban J connectivity index is 0.000000223. The average Bonchev–Trinajstić information content (AvgIpc) is 4.07. The minimum atomic E-state index is -0.984. The fourth-order valence-corrected chi connectivity index (χ4v) is 8.17. The molecule has 0 saturated carbocycles. The van der Waals surface area contributed by atoms with Crippen LogP contribution in [0.2, 0.25) is 0 Å². The number of rotatable bonds is 12. The Labute approximate surface area is 411 Å². The number of carbonyl (C=O) groups excluding carboxylic acids is 4. The lowest BCUT2D eigenvalue weighted by Gasteiger charge is -2.42. The Hall–Kier alpha value is -7.30. The molecule has 4 heterocycles. The van der Waals surface area contributed by atoms with E-state index >= 15 is 0 Å². The minimum Gasteiger partial charge on any atom is -0.444 e. The Kier molecular flexibility index (Phi) is 16.9. The predicted octanol–water partition coefficient (Wildman–Crippen LogP) is 7.35. The van der Waals surface area contributed by atoms with E-state index in [1.54, 1.807) is 71.5 Å². The second-order valence-electron chi connectivity index (χ2n) is 19.5. The highest BCUT2D eigenvalue weighted by molar-refractivity contribution is 5.99. The van der Waals surface area contributed by atoms with Crippen LogP contribution in [0.15, 0.2) is 147 Å². The van der Waals surface area contributed by atoms with Gasteiger partial charge in [0, 0.05) is 82.0 Å². The normalized spacial score (nSPS) is 16.1. The summed E-state index contributed by atoms with van der Waals surface area (Å²) in [5.41, 5.74) is 4.30. The van der Waals surface area contributed by atoms with E-state index in [-0.39, 0.29) is 44.0 Å². The first-order valence-corrected chi connectivity index (χ1v) is 23.8. The topological polar surface area (TPSA) is 159 Å². The van der Waals surface area contributed by atoms with E-state index in [2.05, 4.69) is 44.9 Å². The van der Waals surface area contributed by atoms with E-state index in [0.29, 0.717) is 25.3 Å². The van der Waals surface area contributed by atoms with E-state index in [1.165, 1.54) is 9.80 Å². The van der Waals surface area contributed by atoms with Crippen LogP contribution in [-0.2, 0) is 45.2 Å². The molecule has 8 rings (SSSR count). The van der Waals surface area contributed by atoms with Gasteiger partial charge in [0.25, 0.3) is 5.91 Å². The molecule has 2 saturated heterocycles. The average molecular weight is 951 g/mol. The van der Waals surface area contributed by atoms with Gasteiger partial charge < -0.3 is 43.9 Å². The molecule has 2 aliphatic rings. The summed E-state index contributed by atoms with van der Waals surface area (Å²) in [5, 5.41) is 6.65. The van der Waals surface area contributed by atoms with Crippen molar-refractivity contribution in [3.63, 3.8) is 0 Å². The van der Waals surface area contributed by atoms with Crippen LogP contribution in [0, 0.1) is 0 Å². The predicted molar refractivity (Wildman–Crippen MR) is 270 cm³/mol. The van der Waals surface area contributed by atoms with Crippen molar-refractivity contribution in [2.24, 2.45) is 0 Å². The number of amides is 4. The molecule has 6 aromatic rings. The molecule has 16 heteroatoms. The summed E-state index contributed by atoms with van der Waals surface area (Å²) in [6, 6.07) is 34.5. The molecule has 0 radical (unpaired) electrons. The van der Waals surface area contributed by atoms with Gasteiger partial charge in [0.2, 0.25) is 5.91 Å². The molecule has 2 fully saturated rings. The molecular weight excluding hydrogens is 885 g/mol. The van der Waals surface area contributed by atoms with E-state index in [1.807, 2.05) is 111 Å². The zero-order valence-electron chi connectivity index (χ0n) is 41.1. The third-order valence-corrected chi connectivity index (χ3v) is 11.5. The molecule has 368 valence electrons. The molecule has 0 bridgehead atoms. The molecule has 16 nitrogen and oxygen atoms in total. The largest absolute Gasteiger partial charge is 0.444 e. The number of nitrogens with one attached hydrogen (secondary N) is 2. The van der Waals surface area contributed by atoms with Crippen LogP contribution in [0.3, 0.4) is 0 Å². The molecule has 2 N–H and O–H groups in total. The number of piperazine rings is 2. The van der Waals surface area contributed by atoms with Crippen molar-refractivity contribution in [3.8, 4) is 0 Å². The monoisotopic (exact) mass is 951 g/mol. The first-order valence-electron chi connectivity index (χ1n) is 23.8. The molecule has 0 aliphatic carbocycles. The first kappa shape index (κ1) is 50.6. The van der Waals surface area contributed by atoms with Crippen LogP contribution in [0.5, 0.6) is 0 Å². The standard InChI is InChI=1S/C32H41N5O5.C22H25N5O/c1-31(2,3)41-29(39)35-17-18-36(30(40)42-32(4,5)6)27(22-35)28(38)37(21-24-11-8-7-9-12-24)26-14-10-13-25(19-26)20-34-16-15-33-23-34;28-22(21-14-23-9-10-25-21)27(16-18-5-2-1-3-6-18)20-8-4-7-19(13-20)15-26-12-11-24-17-26/h7-16,19,23,27H,17-18,20-22H2,1-6H3;1-8,11-13,17,21,23,25H,9-10,14-16H2/t27-;/m0./s1. The number of carbonyl (C=O) groups is 4. The zero-order chi connectivity index (χ0) is 49.7. The number of hydrogen-bond donors (Lipinski definition) is 2. The number of anilines is 2. The van der Waals surface area contributed by atoms with Crippen molar-refractivity contribution < 1.29 is 28.7 Å². The number of aromatic nitrogens is 4. The molecule has 2 atom stereocenters. The summed E-state index contributed by atoms with van der Waals surface area (Å²) in [4.78, 5) is 69.0. The second kappa shape index (κ2) is 23.3. The molecule has 2 aromatic heterocycles. The van der Waals surface area contributed by atoms with Gasteiger partial charge in [-0.1, -0.05) is 84.9 Å². The zero-order valence-corrected chi connectivity index (χ0v) is 41.1. The summed E-state index contributed by atoms with van der Waals surface area (Å²) in [5.74, 6) is -0.228. The van der Waals surface area contributed by atoms with Crippen molar-refractivity contribution in [3.05, 3.63) is 169 Å². The van der Waals surface area contributed by atoms with Gasteiger partial charge in [0.1, 0.15) is 17.2 Å². The van der Waals surface area contributed by atoms with E-state index < -0.39 is 29.4 Å². The van der Waals surface area contributed by atoms with Crippen molar-refractivity contribution in [1.82, 2.24) is 39.5 Å². The maximum Gasteiger partial charge on any atom is 0.411 e. The summed E-state index contributed by atoms with van der Waals surface area (Å²) in [7, 11) is 0. The number of nitrogens with zero attached hydrogens (tertiary/aromatic N) is 8. The van der Waals surface area contributed by atoms with Crippen LogP contribution in [0.1, 0.15) is 63.8 Å². The van der Waals surface area contributed by atoms with Crippen LogP contribution < -0.4 is 20.4 Å². The summed E-state index contributed by atoms with van der Waals surface area (Å²) < 4.78 is 15.3. The highest BCUT2D eigenvalue weighted by Crippen LogP contribution is 2.26. The molecule has 2 aliphatic heterocycles. The Morgan fingerprint density at radius 1 is 0.614 bits per heavy atom. The molecule has 4 aromatic carbocycles. The summed E-state index contributed by atoms with van der Waals surface area (Å²) in [6.45, 7) is 15.5. The van der Waals surface area contributed by atoms with Crippen molar-refractivity contribution >= 4 is 35.4 Å². The van der Waals surface area contributed by atoms with Crippen LogP contribution in [0.25, 0.3) is 0 Å². The van der Waals surface area contributed by atoms with Gasteiger partial charge in [-0.25, -0.2) is 19.6 Å². The fourth-order valence-electron chi connectivity index (χ4n) is 8.17. The number of benzene rings is 4. The van der Waals surface area contributed by atoms with E-state index in [4.69, 9.17) is 9.47 Å². The summed E-state index contributed by atoms with van der Waals surface area (Å²) >= 11 is 0. The number of ether oxygens (including phenoxy) is 2. The van der Waals surface area contributed by atoms with Crippen LogP contribution in [-0.4, -0.2) is 115 Å². The van der Waals surface area contributed by atoms with E-state index in [9.17, 15) is 19.2 Å². The maximum atomic E-state index is 14.5. The summed E-state index contributed by atoms with van der Waals surface area (Å²) in [6.07, 6.45) is 9.74. The third kappa shape index (κ3) is 14.6. The second-order valence-corrected chi connectivity index (χ2v) is 19.5. The molecular formula is C54H66N10O6. The van der Waals surface area contributed by atoms with Gasteiger partial charge in [0.15, 0.2) is 0 Å². The number of imidazole rings is 2. The van der Waals surface area contributed by atoms with Gasteiger partial charge in [-0.05, 0) is 88.1 Å². The van der Waals surface area contributed by atoms with Gasteiger partial charge in [-0.2, -0.15) is 0 Å². The molecule has 4 amide bonds. The lowest BCUT2D eigenvalue weighted by molar-refractivity contribution is -0.126. The fraction of sp³-hybridized carbons (Fsp3) is 0.370. The van der Waals surface area contributed by atoms with Crippen LogP contribution in [0.4, 0.5) is 21.0 Å². The SMILES string of the molecule is CC(C)(C)OC(=O)N1CCN(C(=O)OC(C)(C)C)[C@H](C(=O)N(Cc2ccccc2)c2cccc(Cn3ccnc3)c2)C1.O=C(C1CNCCN1)N(Cc1ccccc1)c1cccc(Cn2ccnc2)c1. The quantitative estimate of drug-likeness (QED) is 0.127. The van der Waals surface area contributed by atoms with Crippen molar-refractivity contribution in [1.29, 1.82) is 0 Å². The number of hydrogen-bond acceptors (Lipinski definition) is 10. The smallest absolute Gasteiger partial charge is 0.411 e. The lowest BCUT2D eigenvalue weighted by Crippen LogP contribution is -2.63. The van der Waals surface area contributed by atoms with Gasteiger partial charge >= 0.3 is 12.2 Å². The Bertz CT molecular complexity index is 2610. The van der Waals surface area contributed by atoms with Gasteiger partial charge in [0.05, 0.1) is 38.3 Å². The van der Waals surface area contributed by atoms with Gasteiger partial charge in [-0.3, -0.25) is 14.5 Å². The maximum absolute atomic E-state index is 14.5. The first-order chi connectivity index (χ1) is 33.6. The molecule has 70 heavy (non-hydrogen) atoms. The van der Waals surface area contributed by atoms with E-state index in [0.717, 1.165) is 47.6 Å². The molecule has 0 spiro atoms. The van der Waals surface area contributed by atoms with Gasteiger partial charge in [-0.15, -0.1) is 0 Å². The Morgan fingerprint density at radius 3 is 1.59 bits per heavy atom. The minimum absolute atomic E-state index is 0.0208. The lowest BCUT2D eigenvalue weighted by atomic mass is 10.1. The van der Waals surface area contributed by atoms with Crippen LogP contribution >= 0.6 is 0 Å². The van der Waals surface area contributed by atoms with Crippen molar-refractivity contribution in [2.75, 3.05) is 49.1 Å². The van der Waals surface area contributed by atoms with Crippen molar-refractivity contribution in [2.45, 2.75) is 91.0 Å². The highest BCUT2D eigenvalue weighted by atomic mass is 16.6. The third-order valence-electron chi connectivity index (χ3n) is 11.5.